The maximum atomic E-state index is 9.48. The first kappa shape index (κ1) is 17.7. The van der Waals surface area contributed by atoms with Crippen LogP contribution < -0.4 is 0 Å². The standard InChI is InChI=1S/C21H28O2/c1-4-21(19-9-5-17(6-10-19)13-15(2)22)20-11-7-18(8-12-20)14-16(3)23/h5-12,15-16,21-23H,4,13-14H2,1-3H3. The molecule has 0 bridgehead atoms. The molecule has 0 saturated heterocycles. The first-order valence-electron chi connectivity index (χ1n) is 8.53. The van der Waals surface area contributed by atoms with Gasteiger partial charge in [0.05, 0.1) is 12.2 Å². The number of aliphatic hydroxyl groups excluding tert-OH is 2. The fourth-order valence-corrected chi connectivity index (χ4v) is 3.12. The SMILES string of the molecule is CCC(c1ccc(CC(C)O)cc1)c1ccc(CC(C)O)cc1. The molecule has 2 rings (SSSR count). The Balaban J connectivity index is 2.15. The lowest BCUT2D eigenvalue weighted by Gasteiger charge is -2.17. The van der Waals surface area contributed by atoms with Gasteiger partial charge in [0.15, 0.2) is 0 Å². The fourth-order valence-electron chi connectivity index (χ4n) is 3.12. The quantitative estimate of drug-likeness (QED) is 0.809. The van der Waals surface area contributed by atoms with Gasteiger partial charge in [-0.15, -0.1) is 0 Å². The first-order chi connectivity index (χ1) is 11.0. The Kier molecular flexibility index (Phi) is 6.37. The molecule has 0 saturated carbocycles. The molecule has 0 fully saturated rings. The fraction of sp³-hybridized carbons (Fsp3) is 0.429. The predicted octanol–water partition coefficient (Wildman–Crippen LogP) is 4.08. The molecular weight excluding hydrogens is 284 g/mol. The first-order valence-corrected chi connectivity index (χ1v) is 8.53. The van der Waals surface area contributed by atoms with E-state index < -0.39 is 0 Å². The smallest absolute Gasteiger partial charge is 0.0552 e. The Morgan fingerprint density at radius 1 is 0.696 bits per heavy atom. The van der Waals surface area contributed by atoms with E-state index in [1.807, 2.05) is 13.8 Å². The van der Waals surface area contributed by atoms with Gasteiger partial charge in [0.25, 0.3) is 0 Å². The van der Waals surface area contributed by atoms with Gasteiger partial charge in [0, 0.05) is 5.92 Å². The third-order valence-corrected chi connectivity index (χ3v) is 4.23. The highest BCUT2D eigenvalue weighted by Crippen LogP contribution is 2.28. The van der Waals surface area contributed by atoms with E-state index in [0.29, 0.717) is 18.8 Å². The number of aliphatic hydroxyl groups is 2. The van der Waals surface area contributed by atoms with E-state index in [4.69, 9.17) is 0 Å². The highest BCUT2D eigenvalue weighted by molar-refractivity contribution is 5.35. The maximum Gasteiger partial charge on any atom is 0.0552 e. The summed E-state index contributed by atoms with van der Waals surface area (Å²) in [5.41, 5.74) is 4.96. The predicted molar refractivity (Wildman–Crippen MR) is 95.8 cm³/mol. The van der Waals surface area contributed by atoms with Crippen LogP contribution in [0.15, 0.2) is 48.5 Å². The van der Waals surface area contributed by atoms with Crippen molar-refractivity contribution in [1.82, 2.24) is 0 Å². The minimum Gasteiger partial charge on any atom is -0.393 e. The molecule has 2 nitrogen and oxygen atoms in total. The van der Waals surface area contributed by atoms with Crippen LogP contribution in [0.5, 0.6) is 0 Å². The average molecular weight is 312 g/mol. The second kappa shape index (κ2) is 8.28. The van der Waals surface area contributed by atoms with Gasteiger partial charge in [-0.2, -0.15) is 0 Å². The minimum atomic E-state index is -0.302. The van der Waals surface area contributed by atoms with Crippen molar-refractivity contribution >= 4 is 0 Å². The molecule has 0 aliphatic rings. The Morgan fingerprint density at radius 2 is 1.04 bits per heavy atom. The van der Waals surface area contributed by atoms with Gasteiger partial charge in [-0.1, -0.05) is 55.5 Å². The molecular formula is C21H28O2. The van der Waals surface area contributed by atoms with Crippen LogP contribution in [0, 0.1) is 0 Å². The summed E-state index contributed by atoms with van der Waals surface area (Å²) in [6.45, 7) is 5.84. The Bertz CT molecular complexity index is 529. The van der Waals surface area contributed by atoms with Crippen molar-refractivity contribution in [3.05, 3.63) is 70.8 Å². The minimum absolute atomic E-state index is 0.302. The van der Waals surface area contributed by atoms with Crippen molar-refractivity contribution in [2.45, 2.75) is 58.2 Å². The molecule has 0 amide bonds. The van der Waals surface area contributed by atoms with Crippen LogP contribution in [-0.2, 0) is 12.8 Å². The van der Waals surface area contributed by atoms with E-state index in [2.05, 4.69) is 55.5 Å². The van der Waals surface area contributed by atoms with E-state index in [1.54, 1.807) is 0 Å². The van der Waals surface area contributed by atoms with E-state index in [1.165, 1.54) is 22.3 Å². The summed E-state index contributed by atoms with van der Waals surface area (Å²) in [7, 11) is 0. The molecule has 124 valence electrons. The Hall–Kier alpha value is -1.64. The van der Waals surface area contributed by atoms with Crippen molar-refractivity contribution in [2.75, 3.05) is 0 Å². The van der Waals surface area contributed by atoms with E-state index in [0.717, 1.165) is 6.42 Å². The third-order valence-electron chi connectivity index (χ3n) is 4.23. The molecule has 0 heterocycles. The van der Waals surface area contributed by atoms with Crippen LogP contribution in [0.4, 0.5) is 0 Å². The molecule has 2 atom stereocenters. The zero-order valence-electron chi connectivity index (χ0n) is 14.4. The Morgan fingerprint density at radius 3 is 1.30 bits per heavy atom. The van der Waals surface area contributed by atoms with Crippen molar-refractivity contribution < 1.29 is 10.2 Å². The molecule has 0 aromatic heterocycles. The Labute approximate surface area is 139 Å². The molecule has 2 N–H and O–H groups in total. The van der Waals surface area contributed by atoms with Gasteiger partial charge < -0.3 is 10.2 Å². The summed E-state index contributed by atoms with van der Waals surface area (Å²) in [6.07, 6.45) is 1.84. The van der Waals surface area contributed by atoms with Gasteiger partial charge in [-0.05, 0) is 55.4 Å². The van der Waals surface area contributed by atoms with Crippen LogP contribution in [0.3, 0.4) is 0 Å². The average Bonchev–Trinajstić information content (AvgIpc) is 2.50. The largest absolute Gasteiger partial charge is 0.393 e. The van der Waals surface area contributed by atoms with Gasteiger partial charge in [-0.3, -0.25) is 0 Å². The van der Waals surface area contributed by atoms with Crippen molar-refractivity contribution in [3.8, 4) is 0 Å². The van der Waals surface area contributed by atoms with E-state index in [9.17, 15) is 10.2 Å². The number of rotatable bonds is 7. The summed E-state index contributed by atoms with van der Waals surface area (Å²) in [5.74, 6) is 0.385. The molecule has 0 radical (unpaired) electrons. The van der Waals surface area contributed by atoms with Gasteiger partial charge >= 0.3 is 0 Å². The lowest BCUT2D eigenvalue weighted by atomic mass is 9.87. The summed E-state index contributed by atoms with van der Waals surface area (Å²) in [5, 5.41) is 19.0. The van der Waals surface area contributed by atoms with Gasteiger partial charge in [0.1, 0.15) is 0 Å². The second-order valence-electron chi connectivity index (χ2n) is 6.55. The summed E-state index contributed by atoms with van der Waals surface area (Å²) in [4.78, 5) is 0. The van der Waals surface area contributed by atoms with Crippen LogP contribution in [0.25, 0.3) is 0 Å². The molecule has 0 spiro atoms. The van der Waals surface area contributed by atoms with Crippen molar-refractivity contribution in [2.24, 2.45) is 0 Å². The van der Waals surface area contributed by atoms with Gasteiger partial charge in [-0.25, -0.2) is 0 Å². The highest BCUT2D eigenvalue weighted by atomic mass is 16.3. The highest BCUT2D eigenvalue weighted by Gasteiger charge is 2.12. The van der Waals surface area contributed by atoms with E-state index in [-0.39, 0.29) is 12.2 Å². The molecule has 2 aromatic carbocycles. The molecule has 0 aliphatic carbocycles. The van der Waals surface area contributed by atoms with Crippen LogP contribution in [0.2, 0.25) is 0 Å². The van der Waals surface area contributed by atoms with Gasteiger partial charge in [0.2, 0.25) is 0 Å². The zero-order valence-corrected chi connectivity index (χ0v) is 14.4. The lowest BCUT2D eigenvalue weighted by molar-refractivity contribution is 0.195. The van der Waals surface area contributed by atoms with Crippen molar-refractivity contribution in [3.63, 3.8) is 0 Å². The van der Waals surface area contributed by atoms with E-state index >= 15 is 0 Å². The maximum absolute atomic E-state index is 9.48. The number of benzene rings is 2. The summed E-state index contributed by atoms with van der Waals surface area (Å²) < 4.78 is 0. The van der Waals surface area contributed by atoms with Crippen LogP contribution in [-0.4, -0.2) is 22.4 Å². The van der Waals surface area contributed by atoms with Crippen LogP contribution in [0.1, 0.15) is 55.4 Å². The molecule has 0 aliphatic heterocycles. The normalized spacial score (nSPS) is 15.2. The molecule has 2 heteroatoms. The monoisotopic (exact) mass is 312 g/mol. The molecule has 2 unspecified atom stereocenters. The molecule has 2 aromatic rings. The number of hydrogen-bond acceptors (Lipinski definition) is 2. The van der Waals surface area contributed by atoms with Crippen molar-refractivity contribution in [1.29, 1.82) is 0 Å². The third kappa shape index (κ3) is 5.19. The van der Waals surface area contributed by atoms with Crippen LogP contribution >= 0.6 is 0 Å². The summed E-state index contributed by atoms with van der Waals surface area (Å²) in [6, 6.07) is 17.2. The molecule has 23 heavy (non-hydrogen) atoms. The second-order valence-corrected chi connectivity index (χ2v) is 6.55. The topological polar surface area (TPSA) is 40.5 Å². The summed E-state index contributed by atoms with van der Waals surface area (Å²) >= 11 is 0. The zero-order chi connectivity index (χ0) is 16.8. The lowest BCUT2D eigenvalue weighted by Crippen LogP contribution is -2.06. The number of hydrogen-bond donors (Lipinski definition) is 2.